The van der Waals surface area contributed by atoms with Crippen molar-refractivity contribution in [2.24, 2.45) is 5.92 Å². The van der Waals surface area contributed by atoms with Crippen molar-refractivity contribution in [1.29, 1.82) is 0 Å². The van der Waals surface area contributed by atoms with E-state index in [1.54, 1.807) is 18.2 Å². The lowest BCUT2D eigenvalue weighted by Gasteiger charge is -2.37. The third kappa shape index (κ3) is 4.71. The van der Waals surface area contributed by atoms with Gasteiger partial charge < -0.3 is 19.5 Å². The lowest BCUT2D eigenvalue weighted by molar-refractivity contribution is 0.0668. The number of likely N-dealkylation sites (tertiary alicyclic amines) is 1. The van der Waals surface area contributed by atoms with Crippen molar-refractivity contribution in [3.8, 4) is 28.5 Å². The number of hydrogen-bond acceptors (Lipinski definition) is 4. The summed E-state index contributed by atoms with van der Waals surface area (Å²) >= 11 is 0. The van der Waals surface area contributed by atoms with Crippen LogP contribution < -0.4 is 4.74 Å². The van der Waals surface area contributed by atoms with Gasteiger partial charge in [-0.05, 0) is 79.1 Å². The fourth-order valence-electron chi connectivity index (χ4n) is 5.06. The fourth-order valence-corrected chi connectivity index (χ4v) is 5.06. The molecule has 1 aliphatic heterocycles. The molecule has 0 aliphatic carbocycles. The van der Waals surface area contributed by atoms with Crippen molar-refractivity contribution in [2.45, 2.75) is 20.4 Å². The van der Waals surface area contributed by atoms with Crippen LogP contribution in [-0.2, 0) is 6.54 Å². The van der Waals surface area contributed by atoms with E-state index >= 15 is 0 Å². The predicted molar refractivity (Wildman–Crippen MR) is 137 cm³/mol. The predicted octanol–water partition coefficient (Wildman–Crippen LogP) is 5.66. The summed E-state index contributed by atoms with van der Waals surface area (Å²) in [5.41, 5.74) is 6.38. The van der Waals surface area contributed by atoms with Crippen LogP contribution in [0.1, 0.15) is 16.7 Å². The number of phenols is 2. The Morgan fingerprint density at radius 1 is 0.943 bits per heavy atom. The summed E-state index contributed by atoms with van der Waals surface area (Å²) in [6.45, 7) is 7.55. The Labute approximate surface area is 205 Å². The number of halogens is 1. The standard InChI is InChI=1S/C29H31FN2O3/c1-19-13-23(33)5-9-26(19)29-20(2)27-14-24(34)6-10-28(27)32(29)18-21-3-7-25(8-4-21)35-12-11-31-16-22(15-30)17-31/h3-10,13-14,22,33-34H,11-12,15-18H2,1-2H3. The van der Waals surface area contributed by atoms with Crippen molar-refractivity contribution in [3.63, 3.8) is 0 Å². The number of aromatic nitrogens is 1. The molecule has 3 aromatic carbocycles. The molecule has 1 saturated heterocycles. The number of aryl methyl sites for hydroxylation is 2. The highest BCUT2D eigenvalue weighted by Gasteiger charge is 2.25. The molecule has 35 heavy (non-hydrogen) atoms. The van der Waals surface area contributed by atoms with Gasteiger partial charge in [0, 0.05) is 48.6 Å². The van der Waals surface area contributed by atoms with Crippen molar-refractivity contribution in [1.82, 2.24) is 9.47 Å². The van der Waals surface area contributed by atoms with Crippen LogP contribution in [0.15, 0.2) is 60.7 Å². The Hall–Kier alpha value is -3.51. The first kappa shape index (κ1) is 23.2. The number of fused-ring (bicyclic) bond motifs is 1. The zero-order valence-electron chi connectivity index (χ0n) is 20.2. The highest BCUT2D eigenvalue weighted by atomic mass is 19.1. The third-order valence-corrected chi connectivity index (χ3v) is 6.96. The van der Waals surface area contributed by atoms with Crippen LogP contribution in [0.25, 0.3) is 22.2 Å². The number of phenolic OH excluding ortho intramolecular Hbond substituents is 2. The smallest absolute Gasteiger partial charge is 0.119 e. The molecule has 4 aromatic rings. The van der Waals surface area contributed by atoms with E-state index in [9.17, 15) is 14.6 Å². The molecule has 0 unspecified atom stereocenters. The van der Waals surface area contributed by atoms with Gasteiger partial charge in [-0.1, -0.05) is 12.1 Å². The van der Waals surface area contributed by atoms with Gasteiger partial charge >= 0.3 is 0 Å². The van der Waals surface area contributed by atoms with E-state index in [0.717, 1.165) is 64.2 Å². The van der Waals surface area contributed by atoms with E-state index in [2.05, 4.69) is 28.5 Å². The van der Waals surface area contributed by atoms with Gasteiger partial charge in [-0.15, -0.1) is 0 Å². The highest BCUT2D eigenvalue weighted by molar-refractivity contribution is 5.93. The first-order valence-electron chi connectivity index (χ1n) is 12.0. The summed E-state index contributed by atoms with van der Waals surface area (Å²) in [4.78, 5) is 2.21. The van der Waals surface area contributed by atoms with E-state index < -0.39 is 0 Å². The number of benzene rings is 3. The molecule has 0 radical (unpaired) electrons. The van der Waals surface area contributed by atoms with E-state index in [-0.39, 0.29) is 24.1 Å². The molecule has 2 N–H and O–H groups in total. The summed E-state index contributed by atoms with van der Waals surface area (Å²) < 4.78 is 20.7. The Morgan fingerprint density at radius 3 is 2.37 bits per heavy atom. The Kier molecular flexibility index (Phi) is 6.39. The third-order valence-electron chi connectivity index (χ3n) is 6.96. The summed E-state index contributed by atoms with van der Waals surface area (Å²) in [5.74, 6) is 1.51. The van der Waals surface area contributed by atoms with Gasteiger partial charge in [0.1, 0.15) is 23.9 Å². The molecule has 2 heterocycles. The van der Waals surface area contributed by atoms with E-state index in [4.69, 9.17) is 4.74 Å². The van der Waals surface area contributed by atoms with Gasteiger partial charge in [0.15, 0.2) is 0 Å². The van der Waals surface area contributed by atoms with Crippen LogP contribution in [0.5, 0.6) is 17.2 Å². The molecule has 1 aliphatic rings. The molecule has 6 heteroatoms. The van der Waals surface area contributed by atoms with E-state index in [1.165, 1.54) is 0 Å². The minimum Gasteiger partial charge on any atom is -0.508 e. The summed E-state index contributed by atoms with van der Waals surface area (Å²) in [6, 6.07) is 19.1. The number of alkyl halides is 1. The number of aromatic hydroxyl groups is 2. The molecule has 182 valence electrons. The molecule has 1 aromatic heterocycles. The SMILES string of the molecule is Cc1cc(O)ccc1-c1c(C)c2cc(O)ccc2n1Cc1ccc(OCCN2CC(CF)C2)cc1. The zero-order chi connectivity index (χ0) is 24.5. The molecule has 1 fully saturated rings. The Bertz CT molecular complexity index is 1340. The van der Waals surface area contributed by atoms with Gasteiger partial charge in [-0.25, -0.2) is 0 Å². The maximum atomic E-state index is 12.6. The molecule has 0 amide bonds. The van der Waals surface area contributed by atoms with E-state index in [1.807, 2.05) is 37.3 Å². The van der Waals surface area contributed by atoms with Crippen molar-refractivity contribution >= 4 is 10.9 Å². The minimum atomic E-state index is -0.232. The van der Waals surface area contributed by atoms with E-state index in [0.29, 0.717) is 13.2 Å². The van der Waals surface area contributed by atoms with Crippen LogP contribution >= 0.6 is 0 Å². The van der Waals surface area contributed by atoms with Gasteiger partial charge in [0.05, 0.1) is 12.4 Å². The normalized spacial score (nSPS) is 14.4. The van der Waals surface area contributed by atoms with Gasteiger partial charge in [-0.3, -0.25) is 9.29 Å². The fraction of sp³-hybridized carbons (Fsp3) is 0.310. The molecule has 5 rings (SSSR count). The summed E-state index contributed by atoms with van der Waals surface area (Å²) in [7, 11) is 0. The topological polar surface area (TPSA) is 57.9 Å². The van der Waals surface area contributed by atoms with Crippen LogP contribution in [0.2, 0.25) is 0 Å². The van der Waals surface area contributed by atoms with Crippen LogP contribution in [-0.4, -0.2) is 52.6 Å². The first-order valence-corrected chi connectivity index (χ1v) is 12.0. The van der Waals surface area contributed by atoms with Crippen molar-refractivity contribution in [3.05, 3.63) is 77.4 Å². The Balaban J connectivity index is 1.38. The average Bonchev–Trinajstić information content (AvgIpc) is 3.07. The van der Waals surface area contributed by atoms with Crippen molar-refractivity contribution in [2.75, 3.05) is 32.9 Å². The number of hydrogen-bond donors (Lipinski definition) is 2. The average molecular weight is 475 g/mol. The molecule has 5 nitrogen and oxygen atoms in total. The molecule has 0 saturated carbocycles. The maximum Gasteiger partial charge on any atom is 0.119 e. The summed E-state index contributed by atoms with van der Waals surface area (Å²) in [5, 5.41) is 21.0. The van der Waals surface area contributed by atoms with Gasteiger partial charge in [0.25, 0.3) is 0 Å². The second-order valence-corrected chi connectivity index (χ2v) is 9.53. The number of ether oxygens (including phenoxy) is 1. The summed E-state index contributed by atoms with van der Waals surface area (Å²) in [6.07, 6.45) is 0. The zero-order valence-corrected chi connectivity index (χ0v) is 20.2. The second kappa shape index (κ2) is 9.62. The Morgan fingerprint density at radius 2 is 1.66 bits per heavy atom. The largest absolute Gasteiger partial charge is 0.508 e. The van der Waals surface area contributed by atoms with Crippen LogP contribution in [0.3, 0.4) is 0 Å². The monoisotopic (exact) mass is 474 g/mol. The molecule has 0 atom stereocenters. The number of rotatable bonds is 8. The highest BCUT2D eigenvalue weighted by Crippen LogP contribution is 2.37. The molecular weight excluding hydrogens is 443 g/mol. The lowest BCUT2D eigenvalue weighted by Crippen LogP contribution is -2.49. The lowest BCUT2D eigenvalue weighted by atomic mass is 10.0. The second-order valence-electron chi connectivity index (χ2n) is 9.53. The maximum absolute atomic E-state index is 12.6. The van der Waals surface area contributed by atoms with Crippen LogP contribution in [0, 0.1) is 19.8 Å². The molecule has 0 bridgehead atoms. The molecular formula is C29H31FN2O3. The number of nitrogens with zero attached hydrogens (tertiary/aromatic N) is 2. The van der Waals surface area contributed by atoms with Gasteiger partial charge in [-0.2, -0.15) is 0 Å². The van der Waals surface area contributed by atoms with Gasteiger partial charge in [0.2, 0.25) is 0 Å². The quantitative estimate of drug-likeness (QED) is 0.346. The first-order chi connectivity index (χ1) is 16.9. The van der Waals surface area contributed by atoms with Crippen LogP contribution in [0.4, 0.5) is 4.39 Å². The molecule has 0 spiro atoms. The van der Waals surface area contributed by atoms with Crippen molar-refractivity contribution < 1.29 is 19.3 Å². The minimum absolute atomic E-state index is 0.196.